The summed E-state index contributed by atoms with van der Waals surface area (Å²) >= 11 is 0. The first-order valence-corrected chi connectivity index (χ1v) is 23.9. The van der Waals surface area contributed by atoms with Crippen LogP contribution in [0.25, 0.3) is 122 Å². The summed E-state index contributed by atoms with van der Waals surface area (Å²) in [4.78, 5) is 0. The molecular weight excluding hydrogens is 817 g/mol. The lowest BCUT2D eigenvalue weighted by Gasteiger charge is -2.30. The summed E-state index contributed by atoms with van der Waals surface area (Å²) in [6, 6.07) is 85.7. The summed E-state index contributed by atoms with van der Waals surface area (Å²) in [5, 5.41) is 10.6. The summed E-state index contributed by atoms with van der Waals surface area (Å²) in [6.07, 6.45) is 8.14. The molecule has 0 saturated carbocycles. The summed E-state index contributed by atoms with van der Waals surface area (Å²) in [5.74, 6) is 0.285. The van der Waals surface area contributed by atoms with E-state index in [-0.39, 0.29) is 5.92 Å². The minimum Gasteiger partial charge on any atom is -0.0753 e. The molecule has 12 aromatic carbocycles. The molecule has 0 fully saturated rings. The van der Waals surface area contributed by atoms with Crippen molar-refractivity contribution in [2.24, 2.45) is 0 Å². The Bertz CT molecular complexity index is 3970. The van der Waals surface area contributed by atoms with Crippen molar-refractivity contribution in [2.75, 3.05) is 0 Å². The van der Waals surface area contributed by atoms with Crippen LogP contribution in [0.4, 0.5) is 0 Å². The monoisotopic (exact) mass is 860 g/mol. The third-order valence-corrected chi connectivity index (χ3v) is 15.0. The van der Waals surface area contributed by atoms with Gasteiger partial charge in [0.15, 0.2) is 0 Å². The lowest BCUT2D eigenvalue weighted by Crippen LogP contribution is -2.10. The summed E-state index contributed by atoms with van der Waals surface area (Å²) in [6.45, 7) is 0. The van der Waals surface area contributed by atoms with Crippen molar-refractivity contribution >= 4 is 54.7 Å². The van der Waals surface area contributed by atoms with Crippen LogP contribution in [0.5, 0.6) is 0 Å². The van der Waals surface area contributed by atoms with Gasteiger partial charge in [0, 0.05) is 5.92 Å². The van der Waals surface area contributed by atoms with Gasteiger partial charge >= 0.3 is 0 Å². The van der Waals surface area contributed by atoms with Gasteiger partial charge in [-0.25, -0.2) is 0 Å². The molecule has 0 nitrogen and oxygen atoms in total. The van der Waals surface area contributed by atoms with Crippen LogP contribution in [-0.2, 0) is 6.42 Å². The molecule has 14 rings (SSSR count). The highest BCUT2D eigenvalue weighted by atomic mass is 14.3. The Morgan fingerprint density at radius 1 is 0.309 bits per heavy atom. The van der Waals surface area contributed by atoms with Crippen molar-refractivity contribution in [2.45, 2.75) is 12.3 Å². The zero-order valence-electron chi connectivity index (χ0n) is 37.5. The number of rotatable bonds is 7. The molecule has 0 heterocycles. The standard InChI is InChI=1S/C68H44/c1-3-7-43(8-4-1)44-15-21-50(22-16-44)58-36-29-55-34-42-64-60(38-30-56-33-41-63(58)67(55)68(56)64)52-25-19-48(20-26-52)46-13-11-45(12-14-46)47-17-23-51(24-18-47)59-37-28-54-31-39-61-57(49-9-5-2-6-10-49)35-27-53-32-40-62(59)66(54)65(53)61/h1-30,32-42,57H,31H2. The van der Waals surface area contributed by atoms with Gasteiger partial charge in [0.05, 0.1) is 0 Å². The maximum atomic E-state index is 2.47. The van der Waals surface area contributed by atoms with Gasteiger partial charge in [0.25, 0.3) is 0 Å². The predicted octanol–water partition coefficient (Wildman–Crippen LogP) is 18.5. The molecule has 0 amide bonds. The van der Waals surface area contributed by atoms with Gasteiger partial charge in [-0.05, 0) is 144 Å². The van der Waals surface area contributed by atoms with Crippen molar-refractivity contribution in [3.8, 4) is 66.8 Å². The number of hydrogen-bond donors (Lipinski definition) is 0. The van der Waals surface area contributed by atoms with Crippen molar-refractivity contribution < 1.29 is 0 Å². The van der Waals surface area contributed by atoms with E-state index < -0.39 is 0 Å². The highest BCUT2D eigenvalue weighted by Gasteiger charge is 2.27. The van der Waals surface area contributed by atoms with Crippen LogP contribution in [0.1, 0.15) is 28.2 Å². The van der Waals surface area contributed by atoms with Gasteiger partial charge < -0.3 is 0 Å². The second-order valence-electron chi connectivity index (χ2n) is 18.7. The Morgan fingerprint density at radius 3 is 1.21 bits per heavy atom. The number of benzene rings is 12. The third-order valence-electron chi connectivity index (χ3n) is 15.0. The lowest BCUT2D eigenvalue weighted by atomic mass is 9.74. The van der Waals surface area contributed by atoms with Crippen LogP contribution in [0.2, 0.25) is 0 Å². The highest BCUT2D eigenvalue weighted by molar-refractivity contribution is 6.27. The molecule has 1 unspecified atom stereocenters. The summed E-state index contributed by atoms with van der Waals surface area (Å²) < 4.78 is 0. The highest BCUT2D eigenvalue weighted by Crippen LogP contribution is 2.48. The van der Waals surface area contributed by atoms with Gasteiger partial charge in [0.2, 0.25) is 0 Å². The second kappa shape index (κ2) is 15.5. The fraction of sp³-hybridized carbons (Fsp3) is 0.0294. The molecule has 316 valence electrons. The van der Waals surface area contributed by atoms with Gasteiger partial charge in [-0.2, -0.15) is 0 Å². The van der Waals surface area contributed by atoms with Crippen molar-refractivity contribution in [3.63, 3.8) is 0 Å². The molecule has 0 N–H and O–H groups in total. The quantitative estimate of drug-likeness (QED) is 0.140. The Hall–Kier alpha value is -8.58. The van der Waals surface area contributed by atoms with Gasteiger partial charge in [-0.1, -0.05) is 249 Å². The third kappa shape index (κ3) is 6.22. The average Bonchev–Trinajstić information content (AvgIpc) is 3.42. The van der Waals surface area contributed by atoms with E-state index in [0.29, 0.717) is 0 Å². The van der Waals surface area contributed by atoms with Gasteiger partial charge in [0.1, 0.15) is 0 Å². The van der Waals surface area contributed by atoms with Crippen molar-refractivity contribution in [1.29, 1.82) is 0 Å². The molecule has 0 heteroatoms. The minimum atomic E-state index is 0.285. The van der Waals surface area contributed by atoms with Crippen LogP contribution < -0.4 is 0 Å². The van der Waals surface area contributed by atoms with Crippen LogP contribution in [0, 0.1) is 0 Å². The normalized spacial score (nSPS) is 14.0. The van der Waals surface area contributed by atoms with Crippen LogP contribution in [-0.4, -0.2) is 0 Å². The molecule has 0 saturated heterocycles. The maximum Gasteiger partial charge on any atom is 0.0276 e. The lowest BCUT2D eigenvalue weighted by molar-refractivity contribution is 1.08. The predicted molar refractivity (Wildman–Crippen MR) is 290 cm³/mol. The summed E-state index contributed by atoms with van der Waals surface area (Å²) in [7, 11) is 0. The Balaban J connectivity index is 0.733. The van der Waals surface area contributed by atoms with Crippen molar-refractivity contribution in [1.82, 2.24) is 0 Å². The largest absolute Gasteiger partial charge is 0.0753 e. The average molecular weight is 861 g/mol. The second-order valence-corrected chi connectivity index (χ2v) is 18.7. The molecule has 0 radical (unpaired) electrons. The van der Waals surface area contributed by atoms with Gasteiger partial charge in [-0.3, -0.25) is 0 Å². The molecule has 0 aromatic heterocycles. The maximum absolute atomic E-state index is 2.47. The molecule has 2 aliphatic carbocycles. The first kappa shape index (κ1) is 38.7. The fourth-order valence-electron chi connectivity index (χ4n) is 11.6. The zero-order chi connectivity index (χ0) is 44.7. The smallest absolute Gasteiger partial charge is 0.0276 e. The zero-order valence-corrected chi connectivity index (χ0v) is 37.5. The van der Waals surface area contributed by atoms with E-state index in [2.05, 4.69) is 249 Å². The minimum absolute atomic E-state index is 0.285. The molecule has 2 aliphatic rings. The molecule has 12 aromatic rings. The van der Waals surface area contributed by atoms with Crippen LogP contribution in [0.3, 0.4) is 0 Å². The van der Waals surface area contributed by atoms with Crippen LogP contribution in [0.15, 0.2) is 243 Å². The van der Waals surface area contributed by atoms with E-state index in [9.17, 15) is 0 Å². The van der Waals surface area contributed by atoms with Crippen LogP contribution >= 0.6 is 0 Å². The number of hydrogen-bond acceptors (Lipinski definition) is 0. The first-order chi connectivity index (χ1) is 33.7. The summed E-state index contributed by atoms with van der Waals surface area (Å²) in [5.41, 5.74) is 21.8. The molecule has 68 heavy (non-hydrogen) atoms. The molecule has 0 aliphatic heterocycles. The molecule has 1 atom stereocenters. The van der Waals surface area contributed by atoms with E-state index in [1.807, 2.05) is 0 Å². The van der Waals surface area contributed by atoms with E-state index in [1.54, 1.807) is 0 Å². The first-order valence-electron chi connectivity index (χ1n) is 23.9. The Kier molecular flexibility index (Phi) is 8.82. The van der Waals surface area contributed by atoms with E-state index in [4.69, 9.17) is 0 Å². The van der Waals surface area contributed by atoms with Crippen molar-refractivity contribution in [3.05, 3.63) is 265 Å². The molecule has 0 bridgehead atoms. The van der Waals surface area contributed by atoms with E-state index in [1.165, 1.54) is 138 Å². The number of allylic oxidation sites excluding steroid dienone is 3. The Labute approximate surface area is 396 Å². The molecular formula is C68H44. The van der Waals surface area contributed by atoms with Gasteiger partial charge in [-0.15, -0.1) is 0 Å². The van der Waals surface area contributed by atoms with E-state index >= 15 is 0 Å². The molecule has 0 spiro atoms. The van der Waals surface area contributed by atoms with E-state index in [0.717, 1.165) is 6.42 Å². The fourth-order valence-corrected chi connectivity index (χ4v) is 11.6. The SMILES string of the molecule is C1=CC(c2ccccc2)C2=CCc3ccc(-c4ccc(-c5ccc(-c6ccc(-c7ccc8ccc9c(-c%10ccc(-c%11ccccc%11)cc%10)ccc%10ccc7c8c%109)cc6)cc5)cc4)c4ccc1c2c34. The topological polar surface area (TPSA) is 0 Å². The Morgan fingerprint density at radius 2 is 0.706 bits per heavy atom.